The summed E-state index contributed by atoms with van der Waals surface area (Å²) in [5, 5.41) is 0. The van der Waals surface area contributed by atoms with Gasteiger partial charge < -0.3 is 9.80 Å². The number of nitrogens with zero attached hydrogens (tertiary/aromatic N) is 2. The maximum Gasteiger partial charge on any atom is 0.252 e. The van der Waals surface area contributed by atoms with E-state index in [0.717, 1.165) is 5.69 Å². The number of para-hydroxylation sites is 2. The quantitative estimate of drug-likeness (QED) is 0.178. The summed E-state index contributed by atoms with van der Waals surface area (Å²) in [4.78, 5) is 4.93. The van der Waals surface area contributed by atoms with Gasteiger partial charge in [-0.25, -0.2) is 0 Å². The molecule has 7 aromatic rings. The molecule has 48 heavy (non-hydrogen) atoms. The molecule has 0 radical (unpaired) electrons. The molecule has 0 saturated carbocycles. The molecule has 0 bridgehead atoms. The minimum absolute atomic E-state index is 0.111. The molecule has 2 nitrogen and oxygen atoms in total. The molecule has 0 atom stereocenters. The van der Waals surface area contributed by atoms with E-state index in [4.69, 9.17) is 0 Å². The molecule has 2 heterocycles. The van der Waals surface area contributed by atoms with Crippen molar-refractivity contribution in [2.75, 3.05) is 9.80 Å². The Morgan fingerprint density at radius 1 is 0.396 bits per heavy atom. The highest BCUT2D eigenvalue weighted by atomic mass is 15.2. The summed E-state index contributed by atoms with van der Waals surface area (Å²) in [5.74, 6) is 0.504. The highest BCUT2D eigenvalue weighted by Crippen LogP contribution is 2.44. The van der Waals surface area contributed by atoms with Crippen molar-refractivity contribution in [1.82, 2.24) is 0 Å². The molecule has 9 rings (SSSR count). The zero-order valence-corrected chi connectivity index (χ0v) is 27.2. The smallest absolute Gasteiger partial charge is 0.252 e. The Bertz CT molecular complexity index is 2260. The Balaban J connectivity index is 1.27. The number of hydrogen-bond donors (Lipinski definition) is 0. The minimum Gasteiger partial charge on any atom is -0.311 e. The van der Waals surface area contributed by atoms with Crippen molar-refractivity contribution >= 4 is 57.2 Å². The summed E-state index contributed by atoms with van der Waals surface area (Å²) >= 11 is 0. The Hall–Kier alpha value is -5.80. The molecule has 2 aliphatic rings. The molecule has 7 aromatic carbocycles. The fourth-order valence-corrected chi connectivity index (χ4v) is 7.69. The summed E-state index contributed by atoms with van der Waals surface area (Å²) < 4.78 is 0. The summed E-state index contributed by atoms with van der Waals surface area (Å²) in [7, 11) is 0. The molecule has 0 unspecified atom stereocenters. The lowest BCUT2D eigenvalue weighted by Crippen LogP contribution is -2.61. The van der Waals surface area contributed by atoms with Crippen LogP contribution in [0.3, 0.4) is 0 Å². The predicted octanol–water partition coefficient (Wildman–Crippen LogP) is 10.2. The molecule has 0 spiro atoms. The highest BCUT2D eigenvalue weighted by molar-refractivity contribution is 7.00. The summed E-state index contributed by atoms with van der Waals surface area (Å²) in [6.07, 6.45) is 0. The van der Waals surface area contributed by atoms with Crippen molar-refractivity contribution in [3.05, 3.63) is 175 Å². The van der Waals surface area contributed by atoms with Crippen molar-refractivity contribution < 1.29 is 0 Å². The van der Waals surface area contributed by atoms with E-state index in [2.05, 4.69) is 194 Å². The lowest BCUT2D eigenvalue weighted by molar-refractivity contribution is 0.867. The van der Waals surface area contributed by atoms with Gasteiger partial charge in [-0.15, -0.1) is 0 Å². The van der Waals surface area contributed by atoms with E-state index in [1.54, 1.807) is 0 Å². The third-order valence-corrected chi connectivity index (χ3v) is 10.1. The lowest BCUT2D eigenvalue weighted by atomic mass is 9.33. The molecule has 0 amide bonds. The third kappa shape index (κ3) is 4.58. The first-order valence-corrected chi connectivity index (χ1v) is 16.9. The van der Waals surface area contributed by atoms with E-state index >= 15 is 0 Å². The Kier molecular flexibility index (Phi) is 6.79. The molecule has 0 aromatic heterocycles. The van der Waals surface area contributed by atoms with Crippen LogP contribution in [0.5, 0.6) is 0 Å². The van der Waals surface area contributed by atoms with Gasteiger partial charge in [0.25, 0.3) is 6.71 Å². The molecule has 228 valence electrons. The lowest BCUT2D eigenvalue weighted by Gasteiger charge is -2.44. The first-order valence-electron chi connectivity index (χ1n) is 16.9. The number of hydrogen-bond acceptors (Lipinski definition) is 2. The normalized spacial score (nSPS) is 12.9. The molecule has 0 fully saturated rings. The number of rotatable bonds is 5. The average molecular weight is 615 g/mol. The van der Waals surface area contributed by atoms with Crippen molar-refractivity contribution in [3.63, 3.8) is 0 Å². The van der Waals surface area contributed by atoms with Crippen LogP contribution in [0.1, 0.15) is 25.3 Å². The first-order chi connectivity index (χ1) is 23.7. The standard InChI is InChI=1S/C45H35BN2/c1-31(2)32-20-22-35(23-21-32)36-26-29-40-44(30-36)48(38-27-24-34(25-28-38)33-12-5-3-6-13-33)43-19-11-18-42-45(43)46(40)39-16-9-10-17-41(39)47(42)37-14-7-4-8-15-37/h3-31H,1-2H3. The van der Waals surface area contributed by atoms with Gasteiger partial charge in [-0.05, 0) is 98.7 Å². The van der Waals surface area contributed by atoms with Crippen LogP contribution in [0.15, 0.2) is 170 Å². The molecular weight excluding hydrogens is 579 g/mol. The maximum atomic E-state index is 2.49. The van der Waals surface area contributed by atoms with Crippen LogP contribution in [-0.2, 0) is 0 Å². The van der Waals surface area contributed by atoms with Gasteiger partial charge in [-0.2, -0.15) is 0 Å². The SMILES string of the molecule is CC(C)c1ccc(-c2ccc3c(c2)N(c2ccc(-c4ccccc4)cc2)c2cccc4c2B3c2ccccc2N4c2ccccc2)cc1. The Morgan fingerprint density at radius 3 is 1.60 bits per heavy atom. The predicted molar refractivity (Wildman–Crippen MR) is 205 cm³/mol. The highest BCUT2D eigenvalue weighted by Gasteiger charge is 2.42. The minimum atomic E-state index is 0.111. The van der Waals surface area contributed by atoms with Crippen LogP contribution in [0.4, 0.5) is 34.1 Å². The Morgan fingerprint density at radius 2 is 0.896 bits per heavy atom. The zero-order valence-electron chi connectivity index (χ0n) is 27.2. The van der Waals surface area contributed by atoms with Gasteiger partial charge in [0.1, 0.15) is 0 Å². The monoisotopic (exact) mass is 614 g/mol. The van der Waals surface area contributed by atoms with Gasteiger partial charge in [-0.1, -0.05) is 135 Å². The third-order valence-electron chi connectivity index (χ3n) is 10.1. The van der Waals surface area contributed by atoms with Gasteiger partial charge in [0, 0.05) is 34.1 Å². The van der Waals surface area contributed by atoms with E-state index in [1.807, 2.05) is 0 Å². The first kappa shape index (κ1) is 28.4. The maximum absolute atomic E-state index is 2.49. The van der Waals surface area contributed by atoms with Crippen LogP contribution in [-0.4, -0.2) is 6.71 Å². The number of fused-ring (bicyclic) bond motifs is 4. The van der Waals surface area contributed by atoms with Crippen LogP contribution in [0.25, 0.3) is 22.3 Å². The molecule has 0 saturated heterocycles. The fraction of sp³-hybridized carbons (Fsp3) is 0.0667. The molecule has 0 N–H and O–H groups in total. The van der Waals surface area contributed by atoms with Gasteiger partial charge in [0.2, 0.25) is 0 Å². The van der Waals surface area contributed by atoms with E-state index < -0.39 is 0 Å². The summed E-state index contributed by atoms with van der Waals surface area (Å²) in [6, 6.07) is 62.5. The van der Waals surface area contributed by atoms with E-state index in [1.165, 1.54) is 72.6 Å². The van der Waals surface area contributed by atoms with Crippen molar-refractivity contribution in [1.29, 1.82) is 0 Å². The largest absolute Gasteiger partial charge is 0.311 e. The van der Waals surface area contributed by atoms with Crippen LogP contribution >= 0.6 is 0 Å². The molecule has 2 aliphatic heterocycles. The van der Waals surface area contributed by atoms with Crippen molar-refractivity contribution in [2.24, 2.45) is 0 Å². The van der Waals surface area contributed by atoms with Gasteiger partial charge in [-0.3, -0.25) is 0 Å². The number of benzene rings is 7. The van der Waals surface area contributed by atoms with Gasteiger partial charge >= 0.3 is 0 Å². The van der Waals surface area contributed by atoms with Crippen molar-refractivity contribution in [3.8, 4) is 22.3 Å². The van der Waals surface area contributed by atoms with Crippen LogP contribution < -0.4 is 26.2 Å². The summed E-state index contributed by atoms with van der Waals surface area (Å²) in [6.45, 7) is 4.61. The molecule has 0 aliphatic carbocycles. The molecular formula is C45H35BN2. The second kappa shape index (κ2) is 11.5. The topological polar surface area (TPSA) is 6.48 Å². The van der Waals surface area contributed by atoms with Crippen LogP contribution in [0.2, 0.25) is 0 Å². The second-order valence-corrected chi connectivity index (χ2v) is 13.2. The summed E-state index contributed by atoms with van der Waals surface area (Å²) in [5.41, 5.74) is 17.5. The van der Waals surface area contributed by atoms with E-state index in [9.17, 15) is 0 Å². The zero-order chi connectivity index (χ0) is 32.2. The van der Waals surface area contributed by atoms with E-state index in [-0.39, 0.29) is 6.71 Å². The second-order valence-electron chi connectivity index (χ2n) is 13.2. The van der Waals surface area contributed by atoms with Crippen molar-refractivity contribution in [2.45, 2.75) is 19.8 Å². The number of anilines is 6. The van der Waals surface area contributed by atoms with Crippen LogP contribution in [0, 0.1) is 0 Å². The average Bonchev–Trinajstić information content (AvgIpc) is 3.15. The van der Waals surface area contributed by atoms with E-state index in [0.29, 0.717) is 5.92 Å². The fourth-order valence-electron chi connectivity index (χ4n) is 7.69. The van der Waals surface area contributed by atoms with Gasteiger partial charge in [0.15, 0.2) is 0 Å². The Labute approximate surface area is 283 Å². The van der Waals surface area contributed by atoms with Gasteiger partial charge in [0.05, 0.1) is 0 Å². The molecule has 3 heteroatoms.